The van der Waals surface area contributed by atoms with E-state index in [9.17, 15) is 10.1 Å². The molecular formula is C25H25N7OS. The van der Waals surface area contributed by atoms with E-state index < -0.39 is 0 Å². The molecule has 3 aromatic heterocycles. The Morgan fingerprint density at radius 3 is 2.53 bits per heavy atom. The van der Waals surface area contributed by atoms with Crippen LogP contribution in [0.15, 0.2) is 60.0 Å². The number of nitriles is 1. The van der Waals surface area contributed by atoms with Gasteiger partial charge in [0.2, 0.25) is 5.91 Å². The Morgan fingerprint density at radius 1 is 1.12 bits per heavy atom. The average molecular weight is 472 g/mol. The maximum Gasteiger partial charge on any atom is 0.236 e. The molecule has 0 bridgehead atoms. The maximum absolute atomic E-state index is 13.0. The standard InChI is InChI=1S/C25H25N7OS/c1-4-14-31-23(19-10-12-27-13-11-19)29-30-25(31)34-16-22(33)28-24-21(15-26)17(2)18(3)32(24)20-8-6-5-7-9-20/h5-13H,4,14,16H2,1-3H3,(H,28,33). The highest BCUT2D eigenvalue weighted by molar-refractivity contribution is 7.99. The lowest BCUT2D eigenvalue weighted by Gasteiger charge is -2.13. The van der Waals surface area contributed by atoms with Gasteiger partial charge < -0.3 is 9.88 Å². The van der Waals surface area contributed by atoms with Crippen LogP contribution in [0, 0.1) is 25.2 Å². The van der Waals surface area contributed by atoms with Gasteiger partial charge in [0.1, 0.15) is 11.9 Å². The van der Waals surface area contributed by atoms with Gasteiger partial charge in [-0.3, -0.25) is 14.3 Å². The summed E-state index contributed by atoms with van der Waals surface area (Å²) in [6, 6.07) is 15.7. The molecule has 0 radical (unpaired) electrons. The van der Waals surface area contributed by atoms with Gasteiger partial charge >= 0.3 is 0 Å². The van der Waals surface area contributed by atoms with Gasteiger partial charge in [-0.15, -0.1) is 10.2 Å². The normalized spacial score (nSPS) is 10.8. The minimum Gasteiger partial charge on any atom is -0.310 e. The molecule has 4 aromatic rings. The van der Waals surface area contributed by atoms with Crippen molar-refractivity contribution in [2.75, 3.05) is 11.1 Å². The van der Waals surface area contributed by atoms with Crippen molar-refractivity contribution in [2.24, 2.45) is 0 Å². The summed E-state index contributed by atoms with van der Waals surface area (Å²) >= 11 is 1.33. The molecule has 0 saturated heterocycles. The van der Waals surface area contributed by atoms with Gasteiger partial charge in [0.05, 0.1) is 11.3 Å². The number of rotatable bonds is 8. The number of amides is 1. The zero-order chi connectivity index (χ0) is 24.1. The Labute approximate surface area is 202 Å². The SMILES string of the molecule is CCCn1c(SCC(=O)Nc2c(C#N)c(C)c(C)n2-c2ccccc2)nnc1-c1ccncc1. The molecule has 4 rings (SSSR count). The molecule has 0 aliphatic carbocycles. The lowest BCUT2D eigenvalue weighted by Crippen LogP contribution is -2.18. The van der Waals surface area contributed by atoms with E-state index in [1.54, 1.807) is 12.4 Å². The van der Waals surface area contributed by atoms with Crippen molar-refractivity contribution in [3.05, 3.63) is 71.7 Å². The number of anilines is 1. The summed E-state index contributed by atoms with van der Waals surface area (Å²) in [5.74, 6) is 1.17. The number of pyridine rings is 1. The Morgan fingerprint density at radius 2 is 1.85 bits per heavy atom. The van der Waals surface area contributed by atoms with Gasteiger partial charge in [0.15, 0.2) is 11.0 Å². The minimum absolute atomic E-state index is 0.140. The summed E-state index contributed by atoms with van der Waals surface area (Å²) < 4.78 is 3.94. The number of nitrogens with one attached hydrogen (secondary N) is 1. The third kappa shape index (κ3) is 4.58. The molecule has 0 aliphatic rings. The van der Waals surface area contributed by atoms with E-state index in [0.29, 0.717) is 16.5 Å². The molecule has 1 N–H and O–H groups in total. The molecule has 1 amide bonds. The fraction of sp³-hybridized carbons (Fsp3) is 0.240. The second kappa shape index (κ2) is 10.4. The van der Waals surface area contributed by atoms with Gasteiger partial charge in [-0.2, -0.15) is 5.26 Å². The number of hydrogen-bond acceptors (Lipinski definition) is 6. The van der Waals surface area contributed by atoms with Gasteiger partial charge in [0.25, 0.3) is 0 Å². The van der Waals surface area contributed by atoms with Crippen molar-refractivity contribution < 1.29 is 4.79 Å². The highest BCUT2D eigenvalue weighted by atomic mass is 32.2. The summed E-state index contributed by atoms with van der Waals surface area (Å²) in [5.41, 5.74) is 4.04. The summed E-state index contributed by atoms with van der Waals surface area (Å²) in [6.45, 7) is 6.67. The Bertz CT molecular complexity index is 1340. The number of benzene rings is 1. The van der Waals surface area contributed by atoms with E-state index in [2.05, 4.69) is 33.5 Å². The molecule has 9 heteroatoms. The van der Waals surface area contributed by atoms with E-state index in [1.807, 2.05) is 65.4 Å². The lowest BCUT2D eigenvalue weighted by molar-refractivity contribution is -0.113. The summed E-state index contributed by atoms with van der Waals surface area (Å²) in [7, 11) is 0. The van der Waals surface area contributed by atoms with Gasteiger partial charge in [-0.1, -0.05) is 36.9 Å². The van der Waals surface area contributed by atoms with Crippen LogP contribution in [0.2, 0.25) is 0 Å². The van der Waals surface area contributed by atoms with Gasteiger partial charge in [-0.25, -0.2) is 0 Å². The molecule has 0 spiro atoms. The van der Waals surface area contributed by atoms with Crippen molar-refractivity contribution >= 4 is 23.5 Å². The largest absolute Gasteiger partial charge is 0.310 e. The number of aromatic nitrogens is 5. The van der Waals surface area contributed by atoms with Crippen LogP contribution in [0.5, 0.6) is 0 Å². The Balaban J connectivity index is 1.57. The second-order valence-electron chi connectivity index (χ2n) is 7.75. The molecular weight excluding hydrogens is 446 g/mol. The number of thioether (sulfide) groups is 1. The zero-order valence-electron chi connectivity index (χ0n) is 19.3. The summed E-state index contributed by atoms with van der Waals surface area (Å²) in [6.07, 6.45) is 4.35. The molecule has 8 nitrogen and oxygen atoms in total. The molecule has 0 unspecified atom stereocenters. The van der Waals surface area contributed by atoms with Crippen LogP contribution in [-0.4, -0.2) is 36.0 Å². The predicted molar refractivity (Wildman–Crippen MR) is 133 cm³/mol. The number of para-hydroxylation sites is 1. The first-order chi connectivity index (χ1) is 16.5. The fourth-order valence-electron chi connectivity index (χ4n) is 3.79. The van der Waals surface area contributed by atoms with Crippen LogP contribution in [0.1, 0.15) is 30.2 Å². The molecule has 0 fully saturated rings. The zero-order valence-corrected chi connectivity index (χ0v) is 20.1. The van der Waals surface area contributed by atoms with Crippen LogP contribution < -0.4 is 5.32 Å². The van der Waals surface area contributed by atoms with E-state index in [1.165, 1.54) is 11.8 Å². The van der Waals surface area contributed by atoms with Crippen molar-refractivity contribution in [2.45, 2.75) is 38.9 Å². The highest BCUT2D eigenvalue weighted by Crippen LogP contribution is 2.30. The molecule has 0 aliphatic heterocycles. The Hall–Kier alpha value is -3.90. The minimum atomic E-state index is -0.215. The van der Waals surface area contributed by atoms with Crippen molar-refractivity contribution in [1.82, 2.24) is 24.3 Å². The molecule has 172 valence electrons. The smallest absolute Gasteiger partial charge is 0.236 e. The van der Waals surface area contributed by atoms with Crippen LogP contribution >= 0.6 is 11.8 Å². The fourth-order valence-corrected chi connectivity index (χ4v) is 4.56. The van der Waals surface area contributed by atoms with E-state index in [4.69, 9.17) is 0 Å². The quantitative estimate of drug-likeness (QED) is 0.372. The maximum atomic E-state index is 13.0. The first-order valence-corrected chi connectivity index (χ1v) is 12.0. The van der Waals surface area contributed by atoms with Gasteiger partial charge in [0, 0.05) is 35.9 Å². The predicted octanol–water partition coefficient (Wildman–Crippen LogP) is 4.76. The van der Waals surface area contributed by atoms with Crippen LogP contribution in [-0.2, 0) is 11.3 Å². The van der Waals surface area contributed by atoms with Gasteiger partial charge in [-0.05, 0) is 50.1 Å². The topological polar surface area (TPSA) is 101 Å². The monoisotopic (exact) mass is 471 g/mol. The molecule has 34 heavy (non-hydrogen) atoms. The van der Waals surface area contributed by atoms with E-state index >= 15 is 0 Å². The number of carbonyl (C=O) groups excluding carboxylic acids is 1. The van der Waals surface area contributed by atoms with Crippen LogP contribution in [0.25, 0.3) is 17.1 Å². The van der Waals surface area contributed by atoms with Crippen molar-refractivity contribution in [3.63, 3.8) is 0 Å². The van der Waals surface area contributed by atoms with Crippen LogP contribution in [0.4, 0.5) is 5.82 Å². The first-order valence-electron chi connectivity index (χ1n) is 11.0. The third-order valence-corrected chi connectivity index (χ3v) is 6.50. The molecule has 3 heterocycles. The summed E-state index contributed by atoms with van der Waals surface area (Å²) in [5, 5.41) is 22.1. The summed E-state index contributed by atoms with van der Waals surface area (Å²) in [4.78, 5) is 17.0. The van der Waals surface area contributed by atoms with E-state index in [0.717, 1.165) is 41.3 Å². The third-order valence-electron chi connectivity index (χ3n) is 5.53. The van der Waals surface area contributed by atoms with E-state index in [-0.39, 0.29) is 11.7 Å². The number of nitrogens with zero attached hydrogens (tertiary/aromatic N) is 6. The Kier molecular flexibility index (Phi) is 7.09. The first kappa shape index (κ1) is 23.3. The average Bonchev–Trinajstić information content (AvgIpc) is 3.36. The number of hydrogen-bond donors (Lipinski definition) is 1. The molecule has 0 atom stereocenters. The van der Waals surface area contributed by atoms with Crippen LogP contribution in [0.3, 0.4) is 0 Å². The molecule has 1 aromatic carbocycles. The second-order valence-corrected chi connectivity index (χ2v) is 8.69. The number of carbonyl (C=O) groups is 1. The van der Waals surface area contributed by atoms with Crippen molar-refractivity contribution in [3.8, 4) is 23.1 Å². The molecule has 0 saturated carbocycles. The highest BCUT2D eigenvalue weighted by Gasteiger charge is 2.21. The lowest BCUT2D eigenvalue weighted by atomic mass is 10.2. The van der Waals surface area contributed by atoms with Crippen molar-refractivity contribution in [1.29, 1.82) is 5.26 Å².